The summed E-state index contributed by atoms with van der Waals surface area (Å²) in [6, 6.07) is 7.09. The first kappa shape index (κ1) is 11.2. The van der Waals surface area contributed by atoms with E-state index in [0.29, 0.717) is 11.3 Å². The van der Waals surface area contributed by atoms with Gasteiger partial charge in [0.25, 0.3) is 0 Å². The van der Waals surface area contributed by atoms with Gasteiger partial charge in [0.2, 0.25) is 5.91 Å². The lowest BCUT2D eigenvalue weighted by Crippen LogP contribution is -2.13. The van der Waals surface area contributed by atoms with Gasteiger partial charge >= 0.3 is 0 Å². The van der Waals surface area contributed by atoms with Crippen molar-refractivity contribution in [2.75, 3.05) is 10.6 Å². The Bertz CT molecular complexity index is 398. The maximum Gasteiger partial charge on any atom is 0.235 e. The Kier molecular flexibility index (Phi) is 4.11. The predicted molar refractivity (Wildman–Crippen MR) is 61.3 cm³/mol. The molecule has 1 aromatic carbocycles. The number of alkyl halides is 1. The number of rotatable bonds is 2. The third kappa shape index (κ3) is 2.82. The normalized spacial score (nSPS) is 9.21. The average Bonchev–Trinajstić information content (AvgIpc) is 2.18. The molecule has 0 aliphatic rings. The molecular formula is C9H6Br2N2O. The molecule has 0 unspecified atom stereocenters. The molecule has 1 aromatic rings. The lowest BCUT2D eigenvalue weighted by molar-refractivity contribution is -0.113. The molecule has 0 atom stereocenters. The highest BCUT2D eigenvalue weighted by atomic mass is 79.9. The summed E-state index contributed by atoms with van der Waals surface area (Å²) in [7, 11) is 0. The van der Waals surface area contributed by atoms with Crippen molar-refractivity contribution < 1.29 is 4.79 Å². The first-order valence-corrected chi connectivity index (χ1v) is 5.64. The van der Waals surface area contributed by atoms with Gasteiger partial charge in [-0.1, -0.05) is 31.9 Å². The summed E-state index contributed by atoms with van der Waals surface area (Å²) < 4.78 is 0.821. The topological polar surface area (TPSA) is 52.9 Å². The molecule has 0 saturated heterocycles. The first-order valence-electron chi connectivity index (χ1n) is 3.73. The molecule has 1 amide bonds. The SMILES string of the molecule is N#Cc1ccc(Br)cc1NC(=O)CBr. The second kappa shape index (κ2) is 5.13. The molecule has 0 aliphatic heterocycles. The fraction of sp³-hybridized carbons (Fsp3) is 0.111. The highest BCUT2D eigenvalue weighted by Crippen LogP contribution is 2.20. The minimum Gasteiger partial charge on any atom is -0.324 e. The molecule has 0 aromatic heterocycles. The molecule has 1 N–H and O–H groups in total. The largest absolute Gasteiger partial charge is 0.324 e. The highest BCUT2D eigenvalue weighted by molar-refractivity contribution is 9.10. The third-order valence-electron chi connectivity index (χ3n) is 1.50. The number of nitrogens with one attached hydrogen (secondary N) is 1. The van der Waals surface area contributed by atoms with Crippen molar-refractivity contribution in [3.8, 4) is 6.07 Å². The summed E-state index contributed by atoms with van der Waals surface area (Å²) >= 11 is 6.30. The van der Waals surface area contributed by atoms with E-state index in [4.69, 9.17) is 5.26 Å². The van der Waals surface area contributed by atoms with E-state index in [1.807, 2.05) is 6.07 Å². The molecule has 3 nitrogen and oxygen atoms in total. The zero-order valence-electron chi connectivity index (χ0n) is 7.05. The van der Waals surface area contributed by atoms with Crippen molar-refractivity contribution >= 4 is 43.5 Å². The van der Waals surface area contributed by atoms with E-state index < -0.39 is 0 Å². The van der Waals surface area contributed by atoms with Gasteiger partial charge in [-0.25, -0.2) is 0 Å². The Morgan fingerprint density at radius 2 is 2.29 bits per heavy atom. The quantitative estimate of drug-likeness (QED) is 0.853. The molecular weight excluding hydrogens is 312 g/mol. The Morgan fingerprint density at radius 1 is 1.57 bits per heavy atom. The second-order valence-electron chi connectivity index (χ2n) is 2.48. The monoisotopic (exact) mass is 316 g/mol. The van der Waals surface area contributed by atoms with E-state index in [0.717, 1.165) is 4.47 Å². The zero-order valence-corrected chi connectivity index (χ0v) is 10.2. The van der Waals surface area contributed by atoms with Crippen LogP contribution in [0.25, 0.3) is 0 Å². The van der Waals surface area contributed by atoms with Crippen LogP contribution in [0, 0.1) is 11.3 Å². The fourth-order valence-electron chi connectivity index (χ4n) is 0.901. The zero-order chi connectivity index (χ0) is 10.6. The van der Waals surface area contributed by atoms with Gasteiger partial charge in [-0.2, -0.15) is 5.26 Å². The Morgan fingerprint density at radius 3 is 2.86 bits per heavy atom. The molecule has 0 radical (unpaired) electrons. The standard InChI is InChI=1S/C9H6Br2N2O/c10-4-9(14)13-8-3-7(11)2-1-6(8)5-12/h1-3H,4H2,(H,13,14). The van der Waals surface area contributed by atoms with E-state index in [2.05, 4.69) is 37.2 Å². The lowest BCUT2D eigenvalue weighted by atomic mass is 10.2. The van der Waals surface area contributed by atoms with Gasteiger partial charge in [0.15, 0.2) is 0 Å². The Balaban J connectivity index is 3.00. The average molecular weight is 318 g/mol. The molecule has 0 bridgehead atoms. The molecule has 0 fully saturated rings. The summed E-state index contributed by atoms with van der Waals surface area (Å²) in [5.74, 6) is -0.181. The number of amides is 1. The Hall–Kier alpha value is -0.860. The van der Waals surface area contributed by atoms with Crippen LogP contribution in [0.5, 0.6) is 0 Å². The van der Waals surface area contributed by atoms with Crippen molar-refractivity contribution in [3.05, 3.63) is 28.2 Å². The molecule has 0 saturated carbocycles. The van der Waals surface area contributed by atoms with Crippen LogP contribution in [0.15, 0.2) is 22.7 Å². The minimum atomic E-state index is -0.181. The summed E-state index contributed by atoms with van der Waals surface area (Å²) in [5, 5.41) is 11.6. The number of benzene rings is 1. The number of hydrogen-bond donors (Lipinski definition) is 1. The number of nitrogens with zero attached hydrogens (tertiary/aromatic N) is 1. The summed E-state index contributed by atoms with van der Waals surface area (Å²) in [6.07, 6.45) is 0. The van der Waals surface area contributed by atoms with Crippen molar-refractivity contribution in [1.29, 1.82) is 5.26 Å². The molecule has 5 heteroatoms. The van der Waals surface area contributed by atoms with Crippen molar-refractivity contribution in [2.45, 2.75) is 0 Å². The molecule has 0 heterocycles. The number of carbonyl (C=O) groups excluding carboxylic acids is 1. The first-order chi connectivity index (χ1) is 6.67. The van der Waals surface area contributed by atoms with Crippen molar-refractivity contribution in [3.63, 3.8) is 0 Å². The van der Waals surface area contributed by atoms with Gasteiger partial charge in [0, 0.05) is 4.47 Å². The molecule has 0 spiro atoms. The van der Waals surface area contributed by atoms with Gasteiger partial charge in [-0.15, -0.1) is 0 Å². The minimum absolute atomic E-state index is 0.181. The van der Waals surface area contributed by atoms with Gasteiger partial charge < -0.3 is 5.32 Å². The molecule has 14 heavy (non-hydrogen) atoms. The van der Waals surface area contributed by atoms with Crippen LogP contribution in [0.4, 0.5) is 5.69 Å². The van der Waals surface area contributed by atoms with Gasteiger partial charge in [0.1, 0.15) is 6.07 Å². The number of hydrogen-bond acceptors (Lipinski definition) is 2. The predicted octanol–water partition coefficient (Wildman–Crippen LogP) is 2.65. The number of halogens is 2. The summed E-state index contributed by atoms with van der Waals surface area (Å²) in [4.78, 5) is 11.1. The summed E-state index contributed by atoms with van der Waals surface area (Å²) in [5.41, 5.74) is 0.967. The molecule has 72 valence electrons. The second-order valence-corrected chi connectivity index (χ2v) is 3.96. The van der Waals surface area contributed by atoms with Crippen LogP contribution in [-0.4, -0.2) is 11.2 Å². The van der Waals surface area contributed by atoms with Gasteiger partial charge in [-0.3, -0.25) is 4.79 Å². The van der Waals surface area contributed by atoms with Gasteiger partial charge in [0.05, 0.1) is 16.6 Å². The van der Waals surface area contributed by atoms with E-state index >= 15 is 0 Å². The maximum absolute atomic E-state index is 11.1. The molecule has 1 rings (SSSR count). The van der Waals surface area contributed by atoms with E-state index in [-0.39, 0.29) is 11.2 Å². The Labute approximate surface area is 98.4 Å². The van der Waals surface area contributed by atoms with E-state index in [1.54, 1.807) is 18.2 Å². The molecule has 0 aliphatic carbocycles. The van der Waals surface area contributed by atoms with Crippen LogP contribution >= 0.6 is 31.9 Å². The van der Waals surface area contributed by atoms with Crippen LogP contribution in [0.1, 0.15) is 5.56 Å². The third-order valence-corrected chi connectivity index (χ3v) is 2.50. The van der Waals surface area contributed by atoms with Crippen molar-refractivity contribution in [2.24, 2.45) is 0 Å². The number of nitriles is 1. The lowest BCUT2D eigenvalue weighted by Gasteiger charge is -2.05. The number of carbonyl (C=O) groups is 1. The summed E-state index contributed by atoms with van der Waals surface area (Å²) in [6.45, 7) is 0. The van der Waals surface area contributed by atoms with Crippen LogP contribution < -0.4 is 5.32 Å². The van der Waals surface area contributed by atoms with Crippen LogP contribution in [0.3, 0.4) is 0 Å². The van der Waals surface area contributed by atoms with E-state index in [1.165, 1.54) is 0 Å². The van der Waals surface area contributed by atoms with Crippen LogP contribution in [-0.2, 0) is 4.79 Å². The van der Waals surface area contributed by atoms with Gasteiger partial charge in [-0.05, 0) is 18.2 Å². The van der Waals surface area contributed by atoms with Crippen molar-refractivity contribution in [1.82, 2.24) is 0 Å². The maximum atomic E-state index is 11.1. The highest BCUT2D eigenvalue weighted by Gasteiger charge is 2.05. The fourth-order valence-corrected chi connectivity index (χ4v) is 1.40. The van der Waals surface area contributed by atoms with Crippen LogP contribution in [0.2, 0.25) is 0 Å². The van der Waals surface area contributed by atoms with E-state index in [9.17, 15) is 4.79 Å². The number of anilines is 1. The smallest absolute Gasteiger partial charge is 0.235 e.